The van der Waals surface area contributed by atoms with Crippen molar-refractivity contribution in [3.63, 3.8) is 0 Å². The maximum absolute atomic E-state index is 13.1. The lowest BCUT2D eigenvalue weighted by Gasteiger charge is -2.34. The van der Waals surface area contributed by atoms with Crippen molar-refractivity contribution in [2.75, 3.05) is 6.61 Å². The first-order chi connectivity index (χ1) is 14.1. The van der Waals surface area contributed by atoms with Crippen LogP contribution in [0.3, 0.4) is 0 Å². The van der Waals surface area contributed by atoms with Crippen LogP contribution in [0.15, 0.2) is 30.3 Å². The molecular formula is C23H34N2O4. The molecule has 2 amide bonds. The van der Waals surface area contributed by atoms with Crippen molar-refractivity contribution in [1.82, 2.24) is 10.2 Å². The van der Waals surface area contributed by atoms with E-state index in [-0.39, 0.29) is 31.2 Å². The SMILES string of the molecule is C[C@@H](CO)NC(=O)[C@H](CC1CCCCC1)N(C(=O)OCc1ccccc1)C1CC1. The fourth-order valence-electron chi connectivity index (χ4n) is 4.15. The molecule has 6 heteroatoms. The highest BCUT2D eigenvalue weighted by Crippen LogP contribution is 2.34. The summed E-state index contributed by atoms with van der Waals surface area (Å²) in [6.07, 6.45) is 7.91. The normalized spacial score (nSPS) is 19.2. The molecule has 0 bridgehead atoms. The molecule has 0 aromatic heterocycles. The summed E-state index contributed by atoms with van der Waals surface area (Å²) in [5, 5.41) is 12.2. The second-order valence-corrected chi connectivity index (χ2v) is 8.53. The van der Waals surface area contributed by atoms with E-state index in [1.165, 1.54) is 19.3 Å². The number of hydrogen-bond acceptors (Lipinski definition) is 4. The third kappa shape index (κ3) is 6.46. The standard InChI is InChI=1S/C23H34N2O4/c1-17(15-26)24-22(27)21(14-18-8-4-2-5-9-18)25(20-12-13-20)23(28)29-16-19-10-6-3-7-11-19/h3,6-7,10-11,17-18,20-21,26H,2,4-5,8-9,12-16H2,1H3,(H,24,27)/t17-,21-/m0/s1. The third-order valence-corrected chi connectivity index (χ3v) is 5.94. The van der Waals surface area contributed by atoms with Crippen LogP contribution in [0.2, 0.25) is 0 Å². The first-order valence-electron chi connectivity index (χ1n) is 11.0. The molecule has 29 heavy (non-hydrogen) atoms. The molecule has 160 valence electrons. The van der Waals surface area contributed by atoms with Gasteiger partial charge in [0.1, 0.15) is 12.6 Å². The average Bonchev–Trinajstić information content (AvgIpc) is 3.58. The third-order valence-electron chi connectivity index (χ3n) is 5.94. The summed E-state index contributed by atoms with van der Waals surface area (Å²) >= 11 is 0. The number of ether oxygens (including phenoxy) is 1. The van der Waals surface area contributed by atoms with Crippen LogP contribution in [0, 0.1) is 5.92 Å². The highest BCUT2D eigenvalue weighted by Gasteiger charge is 2.42. The summed E-state index contributed by atoms with van der Waals surface area (Å²) in [5.41, 5.74) is 0.929. The fraction of sp³-hybridized carbons (Fsp3) is 0.652. The Morgan fingerprint density at radius 2 is 1.83 bits per heavy atom. The van der Waals surface area contributed by atoms with E-state index < -0.39 is 12.1 Å². The summed E-state index contributed by atoms with van der Waals surface area (Å²) in [5.74, 6) is 0.271. The van der Waals surface area contributed by atoms with Gasteiger partial charge in [-0.25, -0.2) is 4.79 Å². The van der Waals surface area contributed by atoms with Gasteiger partial charge in [0.25, 0.3) is 0 Å². The van der Waals surface area contributed by atoms with E-state index in [2.05, 4.69) is 5.32 Å². The van der Waals surface area contributed by atoms with Crippen LogP contribution >= 0.6 is 0 Å². The van der Waals surface area contributed by atoms with Gasteiger partial charge in [0.2, 0.25) is 5.91 Å². The number of amides is 2. The summed E-state index contributed by atoms with van der Waals surface area (Å²) in [6, 6.07) is 8.79. The Morgan fingerprint density at radius 1 is 1.14 bits per heavy atom. The number of rotatable bonds is 9. The number of carbonyl (C=O) groups is 2. The molecule has 0 heterocycles. The van der Waals surface area contributed by atoms with Gasteiger partial charge in [0.15, 0.2) is 0 Å². The zero-order chi connectivity index (χ0) is 20.6. The molecule has 1 aromatic carbocycles. The van der Waals surface area contributed by atoms with Crippen molar-refractivity contribution in [3.05, 3.63) is 35.9 Å². The van der Waals surface area contributed by atoms with Gasteiger partial charge in [-0.15, -0.1) is 0 Å². The Bertz CT molecular complexity index is 656. The molecule has 2 aliphatic carbocycles. The zero-order valence-corrected chi connectivity index (χ0v) is 17.4. The second-order valence-electron chi connectivity index (χ2n) is 8.53. The van der Waals surface area contributed by atoms with Crippen LogP contribution in [0.5, 0.6) is 0 Å². The Labute approximate surface area is 173 Å². The zero-order valence-electron chi connectivity index (χ0n) is 17.4. The van der Waals surface area contributed by atoms with Gasteiger partial charge in [0.05, 0.1) is 6.61 Å². The van der Waals surface area contributed by atoms with Crippen LogP contribution in [-0.2, 0) is 16.1 Å². The maximum atomic E-state index is 13.1. The molecule has 2 atom stereocenters. The lowest BCUT2D eigenvalue weighted by molar-refractivity contribution is -0.128. The van der Waals surface area contributed by atoms with E-state index in [0.29, 0.717) is 12.3 Å². The molecule has 0 saturated heterocycles. The van der Waals surface area contributed by atoms with E-state index >= 15 is 0 Å². The smallest absolute Gasteiger partial charge is 0.411 e. The molecule has 2 N–H and O–H groups in total. The van der Waals surface area contributed by atoms with E-state index in [0.717, 1.165) is 31.2 Å². The van der Waals surface area contributed by atoms with Gasteiger partial charge in [-0.2, -0.15) is 0 Å². The van der Waals surface area contributed by atoms with E-state index in [1.54, 1.807) is 11.8 Å². The Kier molecular flexibility index (Phi) is 7.92. The summed E-state index contributed by atoms with van der Waals surface area (Å²) in [7, 11) is 0. The molecule has 3 rings (SSSR count). The van der Waals surface area contributed by atoms with Gasteiger partial charge in [0, 0.05) is 12.1 Å². The highest BCUT2D eigenvalue weighted by molar-refractivity contribution is 5.86. The van der Waals surface area contributed by atoms with E-state index in [1.807, 2.05) is 30.3 Å². The molecule has 0 radical (unpaired) electrons. The fourth-order valence-corrected chi connectivity index (χ4v) is 4.15. The van der Waals surface area contributed by atoms with Gasteiger partial charge in [-0.1, -0.05) is 62.4 Å². The van der Waals surface area contributed by atoms with Crippen LogP contribution in [0.25, 0.3) is 0 Å². The first-order valence-corrected chi connectivity index (χ1v) is 11.0. The first kappa shape index (κ1) is 21.6. The number of nitrogens with zero attached hydrogens (tertiary/aromatic N) is 1. The highest BCUT2D eigenvalue weighted by atomic mass is 16.6. The Balaban J connectivity index is 1.71. The molecule has 2 saturated carbocycles. The van der Waals surface area contributed by atoms with Crippen LogP contribution in [-0.4, -0.2) is 46.7 Å². The molecule has 0 aliphatic heterocycles. The number of aliphatic hydroxyl groups is 1. The van der Waals surface area contributed by atoms with Crippen molar-refractivity contribution in [3.8, 4) is 0 Å². The van der Waals surface area contributed by atoms with Crippen LogP contribution in [0.1, 0.15) is 63.9 Å². The Morgan fingerprint density at radius 3 is 2.45 bits per heavy atom. The molecule has 0 spiro atoms. The average molecular weight is 403 g/mol. The van der Waals surface area contributed by atoms with Gasteiger partial charge >= 0.3 is 6.09 Å². The van der Waals surface area contributed by atoms with Crippen molar-refractivity contribution in [1.29, 1.82) is 0 Å². The predicted molar refractivity (Wildman–Crippen MR) is 111 cm³/mol. The topological polar surface area (TPSA) is 78.9 Å². The van der Waals surface area contributed by atoms with Gasteiger partial charge in [-0.3, -0.25) is 9.69 Å². The van der Waals surface area contributed by atoms with Gasteiger partial charge < -0.3 is 15.2 Å². The lowest BCUT2D eigenvalue weighted by atomic mass is 9.84. The second kappa shape index (κ2) is 10.6. The molecule has 1 aromatic rings. The summed E-state index contributed by atoms with van der Waals surface area (Å²) < 4.78 is 5.60. The van der Waals surface area contributed by atoms with Crippen molar-refractivity contribution in [2.45, 2.75) is 83.0 Å². The number of aliphatic hydroxyl groups excluding tert-OH is 1. The van der Waals surface area contributed by atoms with E-state index in [4.69, 9.17) is 4.74 Å². The number of carbonyl (C=O) groups excluding carboxylic acids is 2. The van der Waals surface area contributed by atoms with Crippen molar-refractivity contribution >= 4 is 12.0 Å². The molecule has 0 unspecified atom stereocenters. The minimum Gasteiger partial charge on any atom is -0.445 e. The maximum Gasteiger partial charge on any atom is 0.411 e. The predicted octanol–water partition coefficient (Wildman–Crippen LogP) is 3.62. The minimum atomic E-state index is -0.539. The molecule has 2 fully saturated rings. The van der Waals surface area contributed by atoms with Crippen LogP contribution in [0.4, 0.5) is 4.79 Å². The van der Waals surface area contributed by atoms with Crippen molar-refractivity contribution < 1.29 is 19.4 Å². The summed E-state index contributed by atoms with van der Waals surface area (Å²) in [4.78, 5) is 27.8. The van der Waals surface area contributed by atoms with E-state index in [9.17, 15) is 14.7 Å². The monoisotopic (exact) mass is 402 g/mol. The number of benzene rings is 1. The quantitative estimate of drug-likeness (QED) is 0.661. The number of hydrogen-bond donors (Lipinski definition) is 2. The molecule has 6 nitrogen and oxygen atoms in total. The molecule has 2 aliphatic rings. The van der Waals surface area contributed by atoms with Crippen LogP contribution < -0.4 is 5.32 Å². The summed E-state index contributed by atoms with van der Waals surface area (Å²) in [6.45, 7) is 1.85. The van der Waals surface area contributed by atoms with Crippen molar-refractivity contribution in [2.24, 2.45) is 5.92 Å². The largest absolute Gasteiger partial charge is 0.445 e. The lowest BCUT2D eigenvalue weighted by Crippen LogP contribution is -2.53. The molecular weight excluding hydrogens is 368 g/mol. The number of nitrogens with one attached hydrogen (secondary N) is 1. The van der Waals surface area contributed by atoms with Gasteiger partial charge in [-0.05, 0) is 37.7 Å². The minimum absolute atomic E-state index is 0.0713. The Hall–Kier alpha value is -2.08.